The molecule has 0 saturated carbocycles. The Bertz CT molecular complexity index is 687. The molecule has 3 nitrogen and oxygen atoms in total. The highest BCUT2D eigenvalue weighted by Gasteiger charge is 2.15. The van der Waals surface area contributed by atoms with Crippen LogP contribution in [0.4, 0.5) is 0 Å². The van der Waals surface area contributed by atoms with E-state index in [2.05, 4.69) is 45.0 Å². The first-order valence-electron chi connectivity index (χ1n) is 8.51. The zero-order valence-corrected chi connectivity index (χ0v) is 14.6. The second-order valence-electron chi connectivity index (χ2n) is 6.89. The molecule has 0 radical (unpaired) electrons. The summed E-state index contributed by atoms with van der Waals surface area (Å²) >= 11 is 0. The first-order valence-corrected chi connectivity index (χ1v) is 8.51. The van der Waals surface area contributed by atoms with Crippen molar-refractivity contribution in [3.63, 3.8) is 0 Å². The summed E-state index contributed by atoms with van der Waals surface area (Å²) in [7, 11) is 0. The van der Waals surface area contributed by atoms with Crippen molar-refractivity contribution in [2.75, 3.05) is 0 Å². The maximum Gasteiger partial charge on any atom is 0.339 e. The Labute approximate surface area is 144 Å². The predicted octanol–water partition coefficient (Wildman–Crippen LogP) is 5.03. The predicted molar refractivity (Wildman–Crippen MR) is 96.8 cm³/mol. The van der Waals surface area contributed by atoms with Gasteiger partial charge in [0.15, 0.2) is 0 Å². The van der Waals surface area contributed by atoms with E-state index in [0.717, 1.165) is 6.42 Å². The number of aromatic hydroxyl groups is 1. The van der Waals surface area contributed by atoms with Gasteiger partial charge in [-0.05, 0) is 53.9 Å². The minimum Gasteiger partial charge on any atom is -0.507 e. The van der Waals surface area contributed by atoms with Crippen molar-refractivity contribution >= 4 is 5.97 Å². The van der Waals surface area contributed by atoms with E-state index in [9.17, 15) is 15.0 Å². The lowest BCUT2D eigenvalue weighted by atomic mass is 9.91. The summed E-state index contributed by atoms with van der Waals surface area (Å²) in [6, 6.07) is 13.4. The molecule has 2 N–H and O–H groups in total. The van der Waals surface area contributed by atoms with Crippen LogP contribution in [-0.2, 0) is 12.8 Å². The molecule has 0 fully saturated rings. The van der Waals surface area contributed by atoms with Crippen molar-refractivity contribution < 1.29 is 15.0 Å². The van der Waals surface area contributed by atoms with Crippen LogP contribution in [0.3, 0.4) is 0 Å². The number of hydrogen-bond acceptors (Lipinski definition) is 2. The molecule has 2 aromatic carbocycles. The molecule has 0 aromatic heterocycles. The normalized spacial score (nSPS) is 12.3. The molecule has 128 valence electrons. The number of benzene rings is 2. The van der Waals surface area contributed by atoms with Gasteiger partial charge in [0.2, 0.25) is 0 Å². The Morgan fingerprint density at radius 2 is 1.67 bits per heavy atom. The van der Waals surface area contributed by atoms with Crippen molar-refractivity contribution in [1.29, 1.82) is 0 Å². The Kier molecular flexibility index (Phi) is 6.02. The molecule has 2 rings (SSSR count). The highest BCUT2D eigenvalue weighted by Crippen LogP contribution is 2.25. The van der Waals surface area contributed by atoms with Crippen LogP contribution in [0.5, 0.6) is 5.75 Å². The Morgan fingerprint density at radius 3 is 2.25 bits per heavy atom. The average Bonchev–Trinajstić information content (AvgIpc) is 2.52. The van der Waals surface area contributed by atoms with E-state index in [1.165, 1.54) is 23.6 Å². The van der Waals surface area contributed by atoms with Gasteiger partial charge in [-0.2, -0.15) is 0 Å². The van der Waals surface area contributed by atoms with Gasteiger partial charge in [0.05, 0.1) is 0 Å². The number of carboxylic acids is 1. The number of rotatable bonds is 7. The summed E-state index contributed by atoms with van der Waals surface area (Å²) in [6.07, 6.45) is 2.52. The van der Waals surface area contributed by atoms with Crippen LogP contribution in [0.25, 0.3) is 0 Å². The lowest BCUT2D eigenvalue weighted by molar-refractivity contribution is 0.0692. The maximum absolute atomic E-state index is 11.3. The third-order valence-electron chi connectivity index (χ3n) is 4.40. The number of hydrogen-bond donors (Lipinski definition) is 2. The van der Waals surface area contributed by atoms with Gasteiger partial charge in [-0.15, -0.1) is 0 Å². The maximum atomic E-state index is 11.3. The second-order valence-corrected chi connectivity index (χ2v) is 6.89. The molecular formula is C21H26O3. The SMILES string of the molecule is CC(C)CC(C)c1ccc(CCc2cccc(O)c2C(=O)O)cc1. The van der Waals surface area contributed by atoms with E-state index < -0.39 is 5.97 Å². The number of phenols is 1. The zero-order valence-electron chi connectivity index (χ0n) is 14.6. The van der Waals surface area contributed by atoms with Crippen LogP contribution in [0.2, 0.25) is 0 Å². The Hall–Kier alpha value is -2.29. The summed E-state index contributed by atoms with van der Waals surface area (Å²) in [5, 5.41) is 19.0. The van der Waals surface area contributed by atoms with Crippen molar-refractivity contribution in [3.8, 4) is 5.75 Å². The summed E-state index contributed by atoms with van der Waals surface area (Å²) in [4.78, 5) is 11.3. The highest BCUT2D eigenvalue weighted by atomic mass is 16.4. The summed E-state index contributed by atoms with van der Waals surface area (Å²) < 4.78 is 0. The summed E-state index contributed by atoms with van der Waals surface area (Å²) in [6.45, 7) is 6.72. The fourth-order valence-corrected chi connectivity index (χ4v) is 3.18. The molecule has 2 aromatic rings. The van der Waals surface area contributed by atoms with E-state index in [4.69, 9.17) is 0 Å². The van der Waals surface area contributed by atoms with Crippen molar-refractivity contribution in [2.45, 2.75) is 46.0 Å². The summed E-state index contributed by atoms with van der Waals surface area (Å²) in [5.74, 6) is -0.0255. The van der Waals surface area contributed by atoms with Gasteiger partial charge in [0, 0.05) is 0 Å². The van der Waals surface area contributed by atoms with Crippen LogP contribution in [0, 0.1) is 5.92 Å². The molecule has 0 spiro atoms. The third kappa shape index (κ3) is 4.60. The lowest BCUT2D eigenvalue weighted by Gasteiger charge is -2.15. The van der Waals surface area contributed by atoms with Gasteiger partial charge in [0.1, 0.15) is 11.3 Å². The van der Waals surface area contributed by atoms with E-state index in [0.29, 0.717) is 23.8 Å². The topological polar surface area (TPSA) is 57.5 Å². The number of carboxylic acid groups (broad SMARTS) is 1. The van der Waals surface area contributed by atoms with Crippen LogP contribution in [0.15, 0.2) is 42.5 Å². The van der Waals surface area contributed by atoms with Gasteiger partial charge in [-0.25, -0.2) is 4.79 Å². The molecule has 0 amide bonds. The van der Waals surface area contributed by atoms with Gasteiger partial charge in [0.25, 0.3) is 0 Å². The first-order chi connectivity index (χ1) is 11.4. The van der Waals surface area contributed by atoms with Crippen LogP contribution < -0.4 is 0 Å². The van der Waals surface area contributed by atoms with Crippen LogP contribution >= 0.6 is 0 Å². The highest BCUT2D eigenvalue weighted by molar-refractivity contribution is 5.92. The average molecular weight is 326 g/mol. The zero-order chi connectivity index (χ0) is 17.7. The molecule has 0 aliphatic carbocycles. The Balaban J connectivity index is 2.06. The van der Waals surface area contributed by atoms with E-state index in [1.807, 2.05) is 0 Å². The molecule has 0 bridgehead atoms. The summed E-state index contributed by atoms with van der Waals surface area (Å²) in [5.41, 5.74) is 3.20. The third-order valence-corrected chi connectivity index (χ3v) is 4.40. The minimum absolute atomic E-state index is 0.0136. The Morgan fingerprint density at radius 1 is 1.00 bits per heavy atom. The van der Waals surface area contributed by atoms with Gasteiger partial charge in [-0.3, -0.25) is 0 Å². The smallest absolute Gasteiger partial charge is 0.339 e. The molecule has 0 saturated heterocycles. The quantitative estimate of drug-likeness (QED) is 0.750. The van der Waals surface area contributed by atoms with Crippen molar-refractivity contribution in [2.24, 2.45) is 5.92 Å². The molecule has 1 atom stereocenters. The molecule has 24 heavy (non-hydrogen) atoms. The van der Waals surface area contributed by atoms with Gasteiger partial charge < -0.3 is 10.2 Å². The van der Waals surface area contributed by atoms with E-state index >= 15 is 0 Å². The standard InChI is InChI=1S/C21H26O3/c1-14(2)13-15(3)17-10-7-16(8-11-17)9-12-18-5-4-6-19(22)20(18)21(23)24/h4-8,10-11,14-15,22H,9,12-13H2,1-3H3,(H,23,24). The fraction of sp³-hybridized carbons (Fsp3) is 0.381. The van der Waals surface area contributed by atoms with Crippen molar-refractivity contribution in [3.05, 3.63) is 64.7 Å². The largest absolute Gasteiger partial charge is 0.507 e. The fourth-order valence-electron chi connectivity index (χ4n) is 3.18. The minimum atomic E-state index is -1.08. The molecule has 1 unspecified atom stereocenters. The molecule has 0 heterocycles. The van der Waals surface area contributed by atoms with Crippen molar-refractivity contribution in [1.82, 2.24) is 0 Å². The molecular weight excluding hydrogens is 300 g/mol. The molecule has 3 heteroatoms. The number of aryl methyl sites for hydroxylation is 2. The van der Waals surface area contributed by atoms with Crippen LogP contribution in [-0.4, -0.2) is 16.2 Å². The second kappa shape index (κ2) is 8.00. The molecule has 0 aliphatic rings. The monoisotopic (exact) mass is 326 g/mol. The first kappa shape index (κ1) is 18.1. The van der Waals surface area contributed by atoms with E-state index in [-0.39, 0.29) is 11.3 Å². The van der Waals surface area contributed by atoms with Gasteiger partial charge >= 0.3 is 5.97 Å². The lowest BCUT2D eigenvalue weighted by Crippen LogP contribution is -2.04. The van der Waals surface area contributed by atoms with Gasteiger partial charge in [-0.1, -0.05) is 57.2 Å². The number of aromatic carboxylic acids is 1. The van der Waals surface area contributed by atoms with Crippen LogP contribution in [0.1, 0.15) is 60.2 Å². The number of carbonyl (C=O) groups is 1. The molecule has 0 aliphatic heterocycles. The van der Waals surface area contributed by atoms with E-state index in [1.54, 1.807) is 12.1 Å².